The molecule has 142 valence electrons. The normalized spacial score (nSPS) is 10.4. The largest absolute Gasteiger partial charge is 0.463 e. The molecule has 0 rings (SSSR count). The highest BCUT2D eigenvalue weighted by Gasteiger charge is 2.01. The Balaban J connectivity index is 0. The second kappa shape index (κ2) is 23.2. The monoisotopic (exact) mass is 354 g/mol. The number of carbonyl (C=O) groups is 1. The third-order valence-electron chi connectivity index (χ3n) is 4.34. The summed E-state index contributed by atoms with van der Waals surface area (Å²) in [5.74, 6) is -0.172. The standard InChI is InChI=1S/C20H40O3.Mg.2H/c1-2-3-4-5-6-7-8-9-10-11-12-13-14-15-16-17-20(22)23-19-18-21;;;/h21H,2-19H2,1H3;;;. The first kappa shape index (κ1) is 26.4. The van der Waals surface area contributed by atoms with E-state index < -0.39 is 0 Å². The summed E-state index contributed by atoms with van der Waals surface area (Å²) < 4.78 is 4.82. The van der Waals surface area contributed by atoms with Crippen LogP contribution in [0.3, 0.4) is 0 Å². The van der Waals surface area contributed by atoms with Crippen LogP contribution >= 0.6 is 0 Å². The molecule has 0 aliphatic heterocycles. The zero-order chi connectivity index (χ0) is 17.0. The molecule has 0 aliphatic carbocycles. The highest BCUT2D eigenvalue weighted by molar-refractivity contribution is 5.75. The van der Waals surface area contributed by atoms with Crippen molar-refractivity contribution in [3.63, 3.8) is 0 Å². The van der Waals surface area contributed by atoms with Gasteiger partial charge in [-0.2, -0.15) is 0 Å². The van der Waals surface area contributed by atoms with Crippen LogP contribution < -0.4 is 0 Å². The number of hydrogen-bond donors (Lipinski definition) is 1. The number of unbranched alkanes of at least 4 members (excludes halogenated alkanes) is 14. The first-order valence-electron chi connectivity index (χ1n) is 10.1. The topological polar surface area (TPSA) is 46.5 Å². The van der Waals surface area contributed by atoms with Gasteiger partial charge in [-0.05, 0) is 6.42 Å². The van der Waals surface area contributed by atoms with E-state index in [2.05, 4.69) is 6.92 Å². The lowest BCUT2D eigenvalue weighted by molar-refractivity contribution is -0.144. The summed E-state index contributed by atoms with van der Waals surface area (Å²) in [5, 5.41) is 8.54. The van der Waals surface area contributed by atoms with Crippen LogP contribution in [-0.2, 0) is 9.53 Å². The molecule has 0 aromatic carbocycles. The third-order valence-corrected chi connectivity index (χ3v) is 4.34. The van der Waals surface area contributed by atoms with Crippen molar-refractivity contribution < 1.29 is 14.6 Å². The minimum atomic E-state index is -0.172. The van der Waals surface area contributed by atoms with E-state index >= 15 is 0 Å². The molecule has 0 heterocycles. The summed E-state index contributed by atoms with van der Waals surface area (Å²) in [6.07, 6.45) is 20.4. The van der Waals surface area contributed by atoms with Gasteiger partial charge in [0.15, 0.2) is 0 Å². The molecule has 0 atom stereocenters. The molecule has 0 fully saturated rings. The fourth-order valence-electron chi connectivity index (χ4n) is 2.87. The molecule has 0 bridgehead atoms. The summed E-state index contributed by atoms with van der Waals surface area (Å²) >= 11 is 0. The summed E-state index contributed by atoms with van der Waals surface area (Å²) in [6, 6.07) is 0. The average molecular weight is 355 g/mol. The average Bonchev–Trinajstić information content (AvgIpc) is 2.56. The van der Waals surface area contributed by atoms with Crippen molar-refractivity contribution in [1.29, 1.82) is 0 Å². The van der Waals surface area contributed by atoms with Crippen LogP contribution in [0.1, 0.15) is 110 Å². The second-order valence-corrected chi connectivity index (χ2v) is 6.64. The van der Waals surface area contributed by atoms with Crippen LogP contribution in [0.5, 0.6) is 0 Å². The van der Waals surface area contributed by atoms with Gasteiger partial charge in [0.25, 0.3) is 0 Å². The van der Waals surface area contributed by atoms with Crippen molar-refractivity contribution >= 4 is 29.0 Å². The number of aliphatic hydroxyl groups excluding tert-OH is 1. The van der Waals surface area contributed by atoms with Gasteiger partial charge in [0, 0.05) is 6.42 Å². The summed E-state index contributed by atoms with van der Waals surface area (Å²) in [6.45, 7) is 2.33. The van der Waals surface area contributed by atoms with Gasteiger partial charge in [0.2, 0.25) is 0 Å². The van der Waals surface area contributed by atoms with Crippen molar-refractivity contribution in [2.24, 2.45) is 0 Å². The molecule has 0 amide bonds. The van der Waals surface area contributed by atoms with Crippen molar-refractivity contribution in [2.75, 3.05) is 13.2 Å². The van der Waals surface area contributed by atoms with E-state index in [-0.39, 0.29) is 42.2 Å². The maximum Gasteiger partial charge on any atom is 0.316 e. The van der Waals surface area contributed by atoms with E-state index in [9.17, 15) is 4.79 Å². The molecule has 0 saturated carbocycles. The van der Waals surface area contributed by atoms with Gasteiger partial charge in [-0.3, -0.25) is 4.79 Å². The Kier molecular flexibility index (Phi) is 25.5. The van der Waals surface area contributed by atoms with Crippen LogP contribution in [0, 0.1) is 0 Å². The highest BCUT2D eigenvalue weighted by Crippen LogP contribution is 2.13. The summed E-state index contributed by atoms with van der Waals surface area (Å²) in [5.41, 5.74) is 0. The van der Waals surface area contributed by atoms with Crippen LogP contribution in [0.15, 0.2) is 0 Å². The first-order chi connectivity index (χ1) is 11.3. The summed E-state index contributed by atoms with van der Waals surface area (Å²) in [7, 11) is 0. The fraction of sp³-hybridized carbons (Fsp3) is 0.950. The van der Waals surface area contributed by atoms with E-state index in [4.69, 9.17) is 9.84 Å². The Labute approximate surface area is 166 Å². The molecular formula is C20H42MgO3. The minimum Gasteiger partial charge on any atom is -0.463 e. The zero-order valence-corrected chi connectivity index (χ0v) is 15.5. The second-order valence-electron chi connectivity index (χ2n) is 6.64. The predicted molar refractivity (Wildman–Crippen MR) is 106 cm³/mol. The van der Waals surface area contributed by atoms with Gasteiger partial charge in [0.1, 0.15) is 6.61 Å². The van der Waals surface area contributed by atoms with Crippen LogP contribution in [0.4, 0.5) is 0 Å². The molecule has 0 unspecified atom stereocenters. The summed E-state index contributed by atoms with van der Waals surface area (Å²) in [4.78, 5) is 11.2. The van der Waals surface area contributed by atoms with Gasteiger partial charge in [0.05, 0.1) is 6.61 Å². The fourth-order valence-corrected chi connectivity index (χ4v) is 2.87. The number of esters is 1. The Bertz CT molecular complexity index is 247. The van der Waals surface area contributed by atoms with E-state index in [0.29, 0.717) is 6.42 Å². The third kappa shape index (κ3) is 22.2. The van der Waals surface area contributed by atoms with E-state index in [1.807, 2.05) is 0 Å². The molecule has 0 radical (unpaired) electrons. The molecule has 1 N–H and O–H groups in total. The van der Waals surface area contributed by atoms with Crippen molar-refractivity contribution in [1.82, 2.24) is 0 Å². The van der Waals surface area contributed by atoms with Gasteiger partial charge in [-0.15, -0.1) is 0 Å². The Morgan fingerprint density at radius 2 is 1.08 bits per heavy atom. The van der Waals surface area contributed by atoms with Crippen molar-refractivity contribution in [3.8, 4) is 0 Å². The Morgan fingerprint density at radius 3 is 1.46 bits per heavy atom. The van der Waals surface area contributed by atoms with Crippen molar-refractivity contribution in [3.05, 3.63) is 0 Å². The molecule has 0 aromatic rings. The maximum atomic E-state index is 11.2. The predicted octanol–water partition coefficient (Wildman–Crippen LogP) is 4.87. The number of aliphatic hydroxyl groups is 1. The number of carbonyl (C=O) groups excluding carboxylic acids is 1. The van der Waals surface area contributed by atoms with Gasteiger partial charge in [-0.25, -0.2) is 0 Å². The molecule has 0 saturated heterocycles. The van der Waals surface area contributed by atoms with Gasteiger partial charge < -0.3 is 9.84 Å². The van der Waals surface area contributed by atoms with Crippen LogP contribution in [-0.4, -0.2) is 47.3 Å². The minimum absolute atomic E-state index is 0. The highest BCUT2D eigenvalue weighted by atomic mass is 24.3. The van der Waals surface area contributed by atoms with Crippen molar-refractivity contribution in [2.45, 2.75) is 110 Å². The maximum absolute atomic E-state index is 11.2. The zero-order valence-electron chi connectivity index (χ0n) is 15.5. The lowest BCUT2D eigenvalue weighted by Gasteiger charge is -2.04. The number of rotatable bonds is 18. The molecule has 0 aliphatic rings. The lowest BCUT2D eigenvalue weighted by atomic mass is 10.0. The Morgan fingerprint density at radius 1 is 0.708 bits per heavy atom. The van der Waals surface area contributed by atoms with Crippen LogP contribution in [0.25, 0.3) is 0 Å². The molecule has 0 spiro atoms. The van der Waals surface area contributed by atoms with E-state index in [1.54, 1.807) is 0 Å². The van der Waals surface area contributed by atoms with Crippen LogP contribution in [0.2, 0.25) is 0 Å². The molecular weight excluding hydrogens is 313 g/mol. The quantitative estimate of drug-likeness (QED) is 0.217. The SMILES string of the molecule is CCCCCCCCCCCCCCCCCC(=O)OCCO.[MgH2]. The smallest absolute Gasteiger partial charge is 0.316 e. The molecule has 4 heteroatoms. The van der Waals surface area contributed by atoms with Gasteiger partial charge in [-0.1, -0.05) is 96.8 Å². The van der Waals surface area contributed by atoms with Gasteiger partial charge >= 0.3 is 29.0 Å². The van der Waals surface area contributed by atoms with E-state index in [0.717, 1.165) is 12.8 Å². The molecule has 0 aromatic heterocycles. The lowest BCUT2D eigenvalue weighted by Crippen LogP contribution is -2.07. The number of hydrogen-bond acceptors (Lipinski definition) is 3. The Hall–Kier alpha value is 0.196. The van der Waals surface area contributed by atoms with E-state index in [1.165, 1.54) is 83.5 Å². The first-order valence-corrected chi connectivity index (χ1v) is 10.1. The molecule has 3 nitrogen and oxygen atoms in total. The number of ether oxygens (including phenoxy) is 1. The molecule has 24 heavy (non-hydrogen) atoms.